The number of likely N-dealkylation sites (tertiary alicyclic amines) is 2. The number of aromatic hydroxyl groups is 1. The zero-order valence-electron chi connectivity index (χ0n) is 34.9. The predicted molar refractivity (Wildman–Crippen MR) is 238 cm³/mol. The number of para-hydroxylation sites is 1. The summed E-state index contributed by atoms with van der Waals surface area (Å²) in [7, 11) is 0. The van der Waals surface area contributed by atoms with Crippen LogP contribution in [0.3, 0.4) is 0 Å². The number of carbonyl (C=O) groups excluding carboxylic acids is 2. The minimum Gasteiger partial charge on any atom is -0.507 e. The normalized spacial score (nSPS) is 20.0. The highest BCUT2D eigenvalue weighted by atomic mass is 32.1. The van der Waals surface area contributed by atoms with Gasteiger partial charge in [0.15, 0.2) is 11.6 Å². The van der Waals surface area contributed by atoms with Gasteiger partial charge >= 0.3 is 0 Å². The molecule has 13 nitrogen and oxygen atoms in total. The third kappa shape index (κ3) is 8.53. The highest BCUT2D eigenvalue weighted by molar-refractivity contribution is 7.19. The highest BCUT2D eigenvalue weighted by Gasteiger charge is 2.44. The summed E-state index contributed by atoms with van der Waals surface area (Å²) in [6.07, 6.45) is 1.46. The number of anilines is 1. The Kier molecular flexibility index (Phi) is 11.7. The fraction of sp³-hybridized carbons (Fsp3) is 0.435. The second kappa shape index (κ2) is 17.3. The molecule has 15 heteroatoms. The molecule has 3 aliphatic rings. The maximum Gasteiger partial charge on any atom is 0.243 e. The zero-order valence-corrected chi connectivity index (χ0v) is 36.5. The smallest absolute Gasteiger partial charge is 0.243 e. The number of nitrogens with zero attached hydrogens (tertiary/aromatic N) is 7. The molecular weight excluding hydrogens is 809 g/mol. The summed E-state index contributed by atoms with van der Waals surface area (Å²) in [5, 5.41) is 37.4. The van der Waals surface area contributed by atoms with Gasteiger partial charge in [-0.2, -0.15) is 0 Å². The molecule has 6 aromatic rings. The van der Waals surface area contributed by atoms with Crippen LogP contribution in [-0.2, 0) is 9.59 Å². The molecule has 0 aliphatic carbocycles. The topological polar surface area (TPSA) is 161 Å². The van der Waals surface area contributed by atoms with E-state index in [0.717, 1.165) is 83.3 Å². The molecule has 318 valence electrons. The summed E-state index contributed by atoms with van der Waals surface area (Å²) in [5.74, 6) is 1.20. The van der Waals surface area contributed by atoms with Crippen molar-refractivity contribution in [1.82, 2.24) is 35.5 Å². The van der Waals surface area contributed by atoms with Gasteiger partial charge in [0.2, 0.25) is 11.8 Å². The number of benzene rings is 2. The molecule has 4 aromatic heterocycles. The second-order valence-corrected chi connectivity index (χ2v) is 19.3. The summed E-state index contributed by atoms with van der Waals surface area (Å²) in [5.41, 5.74) is 7.13. The summed E-state index contributed by atoms with van der Waals surface area (Å²) < 4.78 is 6.99. The minimum absolute atomic E-state index is 0.0875. The first-order valence-corrected chi connectivity index (χ1v) is 23.0. The number of hydrogen-bond donors (Lipinski definition) is 3. The van der Waals surface area contributed by atoms with Crippen molar-refractivity contribution in [3.05, 3.63) is 94.1 Å². The van der Waals surface area contributed by atoms with Crippen LogP contribution in [0, 0.1) is 18.8 Å². The standard InChI is InChI=1S/C46H52N8O5S2/c1-26(2)43(46(58)54-24-33(55)17-37(54)45(57)48-27(3)30-9-11-31(12-10-30)44-28(4)47-25-60-44)39-20-42(51-59-39)53-15-13-29(14-16-53)21-52-22-32(23-52)40-19-36-41(61-40)18-35(49-50-36)34-7-5-6-8-38(34)56/h5-12,18-20,25-27,29,32-33,37,43,55-56H,13-17,21-24H2,1-4H3,(H,48,57)/t27-,33+,37-,43+/m0/s1. The number of thiazole rings is 1. The van der Waals surface area contributed by atoms with Crippen LogP contribution >= 0.6 is 22.7 Å². The molecule has 0 spiro atoms. The van der Waals surface area contributed by atoms with Crippen LogP contribution in [0.1, 0.15) is 79.8 Å². The molecule has 3 N–H and O–H groups in total. The number of nitrogens with one attached hydrogen (secondary N) is 1. The highest BCUT2D eigenvalue weighted by Crippen LogP contribution is 2.39. The lowest BCUT2D eigenvalue weighted by atomic mass is 9.91. The van der Waals surface area contributed by atoms with Gasteiger partial charge in [0.1, 0.15) is 23.2 Å². The third-order valence-corrected chi connectivity index (χ3v) is 14.9. The molecule has 3 saturated heterocycles. The average molecular weight is 861 g/mol. The van der Waals surface area contributed by atoms with Gasteiger partial charge in [-0.25, -0.2) is 4.98 Å². The Labute approximate surface area is 363 Å². The van der Waals surface area contributed by atoms with E-state index in [4.69, 9.17) is 4.52 Å². The quantitative estimate of drug-likeness (QED) is 0.113. The number of rotatable bonds is 12. The van der Waals surface area contributed by atoms with E-state index in [-0.39, 0.29) is 42.5 Å². The third-order valence-electron chi connectivity index (χ3n) is 12.7. The van der Waals surface area contributed by atoms with Crippen LogP contribution < -0.4 is 10.2 Å². The van der Waals surface area contributed by atoms with Gasteiger partial charge < -0.3 is 34.8 Å². The van der Waals surface area contributed by atoms with E-state index in [1.54, 1.807) is 34.8 Å². The fourth-order valence-corrected chi connectivity index (χ4v) is 11.1. The molecule has 0 saturated carbocycles. The molecule has 4 atom stereocenters. The summed E-state index contributed by atoms with van der Waals surface area (Å²) in [6, 6.07) is 20.3. The number of aryl methyl sites for hydroxylation is 1. The second-order valence-electron chi connectivity index (χ2n) is 17.3. The number of aliphatic hydroxyl groups is 1. The average Bonchev–Trinajstić information content (AvgIpc) is 4.06. The van der Waals surface area contributed by atoms with Gasteiger partial charge in [-0.1, -0.05) is 55.4 Å². The van der Waals surface area contributed by atoms with Crippen molar-refractivity contribution in [3.8, 4) is 27.4 Å². The van der Waals surface area contributed by atoms with Crippen LogP contribution in [0.25, 0.3) is 31.9 Å². The summed E-state index contributed by atoms with van der Waals surface area (Å²) in [6.45, 7) is 12.8. The van der Waals surface area contributed by atoms with Crippen LogP contribution in [0.5, 0.6) is 5.75 Å². The van der Waals surface area contributed by atoms with Crippen LogP contribution in [0.2, 0.25) is 0 Å². The number of hydrogen-bond acceptors (Lipinski definition) is 13. The van der Waals surface area contributed by atoms with E-state index >= 15 is 0 Å². The number of phenolic OH excluding ortho intramolecular Hbond substituents is 1. The Balaban J connectivity index is 0.771. The number of piperidine rings is 1. The van der Waals surface area contributed by atoms with Gasteiger partial charge in [0, 0.05) is 68.1 Å². The SMILES string of the molecule is Cc1ncsc1-c1ccc([C@H](C)NC(=O)[C@@H]2C[C@@H](O)CN2C(=O)[C@@H](c2cc(N3CCC(CN4CC(c5cc6nnc(-c7ccccc7O)cc6s5)C4)CC3)no2)C(C)C)cc1. The van der Waals surface area contributed by atoms with Crippen molar-refractivity contribution in [2.75, 3.05) is 44.2 Å². The van der Waals surface area contributed by atoms with Gasteiger partial charge in [0.05, 0.1) is 38.6 Å². The largest absolute Gasteiger partial charge is 0.507 e. The monoisotopic (exact) mass is 860 g/mol. The first-order chi connectivity index (χ1) is 29.5. The van der Waals surface area contributed by atoms with Crippen molar-refractivity contribution in [2.24, 2.45) is 11.8 Å². The van der Waals surface area contributed by atoms with E-state index in [1.165, 1.54) is 9.78 Å². The number of carbonyl (C=O) groups is 2. The van der Waals surface area contributed by atoms with Gasteiger partial charge in [-0.15, -0.1) is 32.9 Å². The van der Waals surface area contributed by atoms with Gasteiger partial charge in [-0.3, -0.25) is 9.59 Å². The number of aromatic nitrogens is 4. The molecule has 0 unspecified atom stereocenters. The van der Waals surface area contributed by atoms with Crippen LogP contribution in [-0.4, -0.2) is 104 Å². The van der Waals surface area contributed by atoms with Crippen molar-refractivity contribution < 1.29 is 24.3 Å². The molecule has 0 radical (unpaired) electrons. The fourth-order valence-electron chi connectivity index (χ4n) is 9.18. The molecule has 3 fully saturated rings. The number of phenols is 1. The number of aliphatic hydroxyl groups excluding tert-OH is 1. The minimum atomic E-state index is -0.796. The Morgan fingerprint density at radius 1 is 0.984 bits per heavy atom. The summed E-state index contributed by atoms with van der Waals surface area (Å²) >= 11 is 3.37. The van der Waals surface area contributed by atoms with E-state index in [1.807, 2.05) is 81.7 Å². The summed E-state index contributed by atoms with van der Waals surface area (Å²) in [4.78, 5) is 41.2. The number of fused-ring (bicyclic) bond motifs is 1. The van der Waals surface area contributed by atoms with Gasteiger partial charge in [-0.05, 0) is 73.9 Å². The van der Waals surface area contributed by atoms with E-state index in [9.17, 15) is 19.8 Å². The molecule has 9 rings (SSSR count). The Bertz CT molecular complexity index is 2500. The van der Waals surface area contributed by atoms with Crippen LogP contribution in [0.4, 0.5) is 5.82 Å². The van der Waals surface area contributed by atoms with E-state index in [0.29, 0.717) is 28.9 Å². The lowest BCUT2D eigenvalue weighted by Gasteiger charge is -2.42. The zero-order chi connectivity index (χ0) is 42.4. The number of amides is 2. The van der Waals surface area contributed by atoms with Crippen molar-refractivity contribution in [3.63, 3.8) is 0 Å². The molecule has 3 aliphatic heterocycles. The van der Waals surface area contributed by atoms with Crippen molar-refractivity contribution >= 4 is 50.5 Å². The maximum absolute atomic E-state index is 14.3. The first kappa shape index (κ1) is 41.1. The van der Waals surface area contributed by atoms with Crippen molar-refractivity contribution in [1.29, 1.82) is 0 Å². The lowest BCUT2D eigenvalue weighted by Crippen LogP contribution is -2.48. The first-order valence-electron chi connectivity index (χ1n) is 21.3. The Hall–Kier alpha value is -5.22. The number of thiophene rings is 1. The van der Waals surface area contributed by atoms with Gasteiger partial charge in [0.25, 0.3) is 0 Å². The van der Waals surface area contributed by atoms with E-state index in [2.05, 4.69) is 41.5 Å². The Morgan fingerprint density at radius 3 is 2.48 bits per heavy atom. The number of β-amino-alcohol motifs (C(OH)–C–C–N with tert-alkyl or cyclic N) is 1. The molecule has 7 heterocycles. The Morgan fingerprint density at radius 2 is 1.75 bits per heavy atom. The maximum atomic E-state index is 14.3. The molecule has 0 bridgehead atoms. The molecular formula is C46H52N8O5S2. The molecule has 61 heavy (non-hydrogen) atoms. The van der Waals surface area contributed by atoms with Crippen molar-refractivity contribution in [2.45, 2.75) is 77.0 Å². The van der Waals surface area contributed by atoms with Crippen LogP contribution in [0.15, 0.2) is 76.8 Å². The van der Waals surface area contributed by atoms with E-state index < -0.39 is 18.1 Å². The lowest BCUT2D eigenvalue weighted by molar-refractivity contribution is -0.141. The molecule has 2 aromatic carbocycles. The molecule has 2 amide bonds. The predicted octanol–water partition coefficient (Wildman–Crippen LogP) is 7.38.